The van der Waals surface area contributed by atoms with Crippen molar-refractivity contribution in [3.05, 3.63) is 75.9 Å². The second-order valence-corrected chi connectivity index (χ2v) is 8.62. The molecule has 4 rings (SSSR count). The van der Waals surface area contributed by atoms with Gasteiger partial charge in [-0.1, -0.05) is 23.7 Å². The molecule has 178 valence electrons. The molecule has 2 heterocycles. The van der Waals surface area contributed by atoms with Crippen LogP contribution in [-0.2, 0) is 6.42 Å². The third-order valence-electron chi connectivity index (χ3n) is 5.88. The Morgan fingerprint density at radius 1 is 1.09 bits per heavy atom. The van der Waals surface area contributed by atoms with Gasteiger partial charge in [-0.2, -0.15) is 0 Å². The molecular formula is C25H27ClFN5O2. The van der Waals surface area contributed by atoms with Crippen LogP contribution in [0, 0.1) is 19.7 Å². The lowest BCUT2D eigenvalue weighted by Crippen LogP contribution is -2.50. The first-order valence-corrected chi connectivity index (χ1v) is 11.4. The number of amides is 2. The summed E-state index contributed by atoms with van der Waals surface area (Å²) in [4.78, 5) is 26.0. The van der Waals surface area contributed by atoms with E-state index < -0.39 is 5.82 Å². The minimum atomic E-state index is -0.519. The van der Waals surface area contributed by atoms with Gasteiger partial charge in [0.05, 0.1) is 12.1 Å². The Morgan fingerprint density at radius 2 is 1.79 bits per heavy atom. The van der Waals surface area contributed by atoms with Crippen molar-refractivity contribution in [1.29, 1.82) is 0 Å². The standard InChI is InChI=1S/C25H27ClFN5O2/c1-16-21(14-18-4-7-20(34-3)8-5-18)24(29-17(2)28-16)31-10-12-32(13-11-31)25(33)30-19-6-9-23(27)22(26)15-19/h4-9,15H,10-14H2,1-3H3,(H,30,33). The predicted molar refractivity (Wildman–Crippen MR) is 132 cm³/mol. The molecule has 1 aromatic heterocycles. The lowest BCUT2D eigenvalue weighted by Gasteiger charge is -2.36. The van der Waals surface area contributed by atoms with E-state index in [2.05, 4.69) is 15.2 Å². The molecule has 0 atom stereocenters. The van der Waals surface area contributed by atoms with Crippen molar-refractivity contribution in [2.45, 2.75) is 20.3 Å². The number of aromatic nitrogens is 2. The van der Waals surface area contributed by atoms with Gasteiger partial charge in [0, 0.05) is 49.5 Å². The summed E-state index contributed by atoms with van der Waals surface area (Å²) in [6.45, 7) is 6.25. The number of ether oxygens (including phenoxy) is 1. The Balaban J connectivity index is 1.45. The molecule has 0 unspecified atom stereocenters. The molecular weight excluding hydrogens is 457 g/mol. The molecule has 2 amide bonds. The maximum atomic E-state index is 13.4. The molecule has 0 radical (unpaired) electrons. The summed E-state index contributed by atoms with van der Waals surface area (Å²) in [6.07, 6.45) is 0.706. The highest BCUT2D eigenvalue weighted by molar-refractivity contribution is 6.31. The minimum Gasteiger partial charge on any atom is -0.497 e. The zero-order valence-electron chi connectivity index (χ0n) is 19.4. The van der Waals surface area contributed by atoms with Crippen LogP contribution in [0.15, 0.2) is 42.5 Å². The Labute approximate surface area is 203 Å². The van der Waals surface area contributed by atoms with E-state index >= 15 is 0 Å². The number of benzene rings is 2. The number of methoxy groups -OCH3 is 1. The second-order valence-electron chi connectivity index (χ2n) is 8.22. The molecule has 1 aliphatic heterocycles. The second kappa shape index (κ2) is 10.3. The van der Waals surface area contributed by atoms with E-state index in [1.165, 1.54) is 18.2 Å². The van der Waals surface area contributed by atoms with Crippen LogP contribution in [0.4, 0.5) is 20.7 Å². The SMILES string of the molecule is COc1ccc(Cc2c(C)nc(C)nc2N2CCN(C(=O)Nc3ccc(F)c(Cl)c3)CC2)cc1. The Morgan fingerprint density at radius 3 is 2.44 bits per heavy atom. The molecule has 9 heteroatoms. The van der Waals surface area contributed by atoms with Crippen LogP contribution < -0.4 is 15.0 Å². The van der Waals surface area contributed by atoms with Crippen LogP contribution in [0.5, 0.6) is 5.75 Å². The molecule has 1 aliphatic rings. The highest BCUT2D eigenvalue weighted by Crippen LogP contribution is 2.26. The summed E-state index contributed by atoms with van der Waals surface area (Å²) < 4.78 is 18.6. The number of rotatable bonds is 5. The maximum absolute atomic E-state index is 13.4. The number of hydrogen-bond acceptors (Lipinski definition) is 5. The topological polar surface area (TPSA) is 70.6 Å². The van der Waals surface area contributed by atoms with Gasteiger partial charge in [0.1, 0.15) is 23.2 Å². The zero-order chi connectivity index (χ0) is 24.2. The molecule has 1 N–H and O–H groups in total. The number of halogens is 2. The fourth-order valence-electron chi connectivity index (χ4n) is 4.03. The van der Waals surface area contributed by atoms with E-state index in [4.69, 9.17) is 21.3 Å². The van der Waals surface area contributed by atoms with Crippen molar-refractivity contribution < 1.29 is 13.9 Å². The van der Waals surface area contributed by atoms with Crippen molar-refractivity contribution in [2.24, 2.45) is 0 Å². The number of carbonyl (C=O) groups is 1. The Bertz CT molecular complexity index is 1180. The van der Waals surface area contributed by atoms with Gasteiger partial charge in [-0.25, -0.2) is 19.2 Å². The van der Waals surface area contributed by atoms with Gasteiger partial charge in [0.2, 0.25) is 0 Å². The van der Waals surface area contributed by atoms with Crippen molar-refractivity contribution in [3.8, 4) is 5.75 Å². The highest BCUT2D eigenvalue weighted by Gasteiger charge is 2.25. The summed E-state index contributed by atoms with van der Waals surface area (Å²) in [5.41, 5.74) is 3.64. The summed E-state index contributed by atoms with van der Waals surface area (Å²) in [5.74, 6) is 1.93. The number of nitrogens with zero attached hydrogens (tertiary/aromatic N) is 4. The third kappa shape index (κ3) is 5.39. The third-order valence-corrected chi connectivity index (χ3v) is 6.17. The van der Waals surface area contributed by atoms with Crippen LogP contribution in [0.25, 0.3) is 0 Å². The predicted octanol–water partition coefficient (Wildman–Crippen LogP) is 4.84. The minimum absolute atomic E-state index is 0.0264. The van der Waals surface area contributed by atoms with E-state index in [0.717, 1.165) is 34.2 Å². The number of hydrogen-bond donors (Lipinski definition) is 1. The number of aryl methyl sites for hydroxylation is 2. The van der Waals surface area contributed by atoms with E-state index in [0.29, 0.717) is 38.3 Å². The molecule has 3 aromatic rings. The summed E-state index contributed by atoms with van der Waals surface area (Å²) in [6, 6.07) is 11.9. The molecule has 1 saturated heterocycles. The van der Waals surface area contributed by atoms with Gasteiger partial charge in [-0.3, -0.25) is 0 Å². The van der Waals surface area contributed by atoms with Gasteiger partial charge in [0.15, 0.2) is 0 Å². The maximum Gasteiger partial charge on any atom is 0.321 e. The van der Waals surface area contributed by atoms with Crippen LogP contribution in [0.2, 0.25) is 5.02 Å². The fraction of sp³-hybridized carbons (Fsp3) is 0.320. The smallest absolute Gasteiger partial charge is 0.321 e. The van der Waals surface area contributed by atoms with Crippen LogP contribution in [0.3, 0.4) is 0 Å². The molecule has 0 spiro atoms. The summed E-state index contributed by atoms with van der Waals surface area (Å²) >= 11 is 5.82. The van der Waals surface area contributed by atoms with Crippen molar-refractivity contribution in [3.63, 3.8) is 0 Å². The first-order valence-electron chi connectivity index (χ1n) is 11.1. The lowest BCUT2D eigenvalue weighted by molar-refractivity contribution is 0.208. The molecule has 0 bridgehead atoms. The largest absolute Gasteiger partial charge is 0.497 e. The number of carbonyl (C=O) groups excluding carboxylic acids is 1. The number of piperazine rings is 1. The first kappa shape index (κ1) is 23.8. The monoisotopic (exact) mass is 483 g/mol. The number of urea groups is 1. The molecule has 0 saturated carbocycles. The summed E-state index contributed by atoms with van der Waals surface area (Å²) in [7, 11) is 1.65. The molecule has 2 aromatic carbocycles. The van der Waals surface area contributed by atoms with Crippen LogP contribution in [-0.4, -0.2) is 54.2 Å². The molecule has 34 heavy (non-hydrogen) atoms. The van der Waals surface area contributed by atoms with Crippen LogP contribution >= 0.6 is 11.6 Å². The average molecular weight is 484 g/mol. The van der Waals surface area contributed by atoms with Gasteiger partial charge < -0.3 is 19.9 Å². The van der Waals surface area contributed by atoms with E-state index in [9.17, 15) is 9.18 Å². The van der Waals surface area contributed by atoms with E-state index in [-0.39, 0.29) is 11.1 Å². The number of anilines is 2. The highest BCUT2D eigenvalue weighted by atomic mass is 35.5. The Kier molecular flexibility index (Phi) is 7.17. The van der Waals surface area contributed by atoms with Gasteiger partial charge in [-0.15, -0.1) is 0 Å². The molecule has 0 aliphatic carbocycles. The molecule has 1 fully saturated rings. The lowest BCUT2D eigenvalue weighted by atomic mass is 10.0. The van der Waals surface area contributed by atoms with Crippen molar-refractivity contribution >= 4 is 29.1 Å². The van der Waals surface area contributed by atoms with E-state index in [1.807, 2.05) is 38.1 Å². The van der Waals surface area contributed by atoms with Crippen LogP contribution in [0.1, 0.15) is 22.6 Å². The van der Waals surface area contributed by atoms with Gasteiger partial charge >= 0.3 is 6.03 Å². The van der Waals surface area contributed by atoms with Crippen molar-refractivity contribution in [1.82, 2.24) is 14.9 Å². The van der Waals surface area contributed by atoms with Gasteiger partial charge in [0.25, 0.3) is 0 Å². The molecule has 7 nitrogen and oxygen atoms in total. The van der Waals surface area contributed by atoms with Gasteiger partial charge in [-0.05, 0) is 49.7 Å². The zero-order valence-corrected chi connectivity index (χ0v) is 20.2. The first-order chi connectivity index (χ1) is 16.3. The van der Waals surface area contributed by atoms with E-state index in [1.54, 1.807) is 12.0 Å². The number of nitrogens with one attached hydrogen (secondary N) is 1. The normalized spacial score (nSPS) is 13.7. The quantitative estimate of drug-likeness (QED) is 0.562. The van der Waals surface area contributed by atoms with Crippen molar-refractivity contribution in [2.75, 3.05) is 43.5 Å². The fourth-order valence-corrected chi connectivity index (χ4v) is 4.21. The summed E-state index contributed by atoms with van der Waals surface area (Å²) in [5, 5.41) is 2.76. The Hall–Kier alpha value is -3.39. The average Bonchev–Trinajstić information content (AvgIpc) is 2.83.